The van der Waals surface area contributed by atoms with Gasteiger partial charge in [0.1, 0.15) is 0 Å². The molecule has 2 aromatic carbocycles. The lowest BCUT2D eigenvalue weighted by molar-refractivity contribution is 0.384. The van der Waals surface area contributed by atoms with Crippen LogP contribution in [-0.4, -0.2) is 13.0 Å². The molecule has 0 saturated carbocycles. The lowest BCUT2D eigenvalue weighted by atomic mass is 9.87. The van der Waals surface area contributed by atoms with Gasteiger partial charge in [0.2, 0.25) is 0 Å². The van der Waals surface area contributed by atoms with E-state index >= 15 is 0 Å². The average Bonchev–Trinajstić information content (AvgIpc) is 2.48. The van der Waals surface area contributed by atoms with Crippen molar-refractivity contribution in [3.8, 4) is 0 Å². The van der Waals surface area contributed by atoms with Crippen LogP contribution in [0.15, 0.2) is 39.0 Å². The number of benzene rings is 2. The quantitative estimate of drug-likeness (QED) is 0.455. The van der Waals surface area contributed by atoms with Gasteiger partial charge in [0.05, 0.1) is 4.90 Å². The highest BCUT2D eigenvalue weighted by molar-refractivity contribution is 7.99. The van der Waals surface area contributed by atoms with Crippen LogP contribution in [0.2, 0.25) is 0 Å². The normalized spacial score (nSPS) is 12.5. The second kappa shape index (κ2) is 6.62. The third-order valence-corrected chi connectivity index (χ3v) is 5.36. The molecule has 25 heavy (non-hydrogen) atoms. The van der Waals surface area contributed by atoms with E-state index in [0.717, 1.165) is 0 Å². The smallest absolute Gasteiger partial charge is 0.282 e. The summed E-state index contributed by atoms with van der Waals surface area (Å²) < 4.78 is 86.9. The Morgan fingerprint density at radius 2 is 1.40 bits per heavy atom. The van der Waals surface area contributed by atoms with E-state index < -0.39 is 48.6 Å². The van der Waals surface area contributed by atoms with E-state index in [4.69, 9.17) is 4.55 Å². The number of rotatable bonds is 3. The fourth-order valence-corrected chi connectivity index (χ4v) is 4.03. The van der Waals surface area contributed by atoms with Crippen LogP contribution < -0.4 is 0 Å². The molecule has 0 aliphatic heterocycles. The molecule has 0 fully saturated rings. The molecule has 0 spiro atoms. The van der Waals surface area contributed by atoms with Crippen LogP contribution in [0, 0.1) is 23.3 Å². The van der Waals surface area contributed by atoms with Crippen molar-refractivity contribution in [2.75, 3.05) is 0 Å². The number of halogens is 4. The minimum atomic E-state index is -5.47. The van der Waals surface area contributed by atoms with Crippen molar-refractivity contribution in [3.63, 3.8) is 0 Å². The van der Waals surface area contributed by atoms with E-state index in [1.165, 1.54) is 6.07 Å². The SMILES string of the molecule is CC(C)(C)c1ccccc1Sc1c(F)c(F)c(S(=O)(=O)O)c(F)c1F. The lowest BCUT2D eigenvalue weighted by Crippen LogP contribution is -2.13. The van der Waals surface area contributed by atoms with Gasteiger partial charge in [-0.15, -0.1) is 0 Å². The highest BCUT2D eigenvalue weighted by Crippen LogP contribution is 2.41. The Hall–Kier alpha value is -1.58. The van der Waals surface area contributed by atoms with Crippen molar-refractivity contribution in [2.24, 2.45) is 0 Å². The first-order valence-electron chi connectivity index (χ1n) is 6.96. The first-order valence-corrected chi connectivity index (χ1v) is 9.22. The molecule has 0 bridgehead atoms. The van der Waals surface area contributed by atoms with Crippen LogP contribution in [0.1, 0.15) is 26.3 Å². The zero-order valence-corrected chi connectivity index (χ0v) is 15.0. The minimum Gasteiger partial charge on any atom is -0.282 e. The molecule has 0 aromatic heterocycles. The summed E-state index contributed by atoms with van der Waals surface area (Å²) in [5.41, 5.74) is 0.264. The van der Waals surface area contributed by atoms with Crippen LogP contribution in [0.4, 0.5) is 17.6 Å². The van der Waals surface area contributed by atoms with Gasteiger partial charge in [0, 0.05) is 4.90 Å². The maximum atomic E-state index is 14.2. The molecule has 0 unspecified atom stereocenters. The molecule has 0 radical (unpaired) electrons. The molecule has 0 amide bonds. The predicted octanol–water partition coefficient (Wildman–Crippen LogP) is 4.94. The second-order valence-electron chi connectivity index (χ2n) is 6.24. The summed E-state index contributed by atoms with van der Waals surface area (Å²) in [5.74, 6) is -8.12. The summed E-state index contributed by atoms with van der Waals surface area (Å²) >= 11 is 0.436. The lowest BCUT2D eigenvalue weighted by Gasteiger charge is -2.22. The van der Waals surface area contributed by atoms with Crippen LogP contribution >= 0.6 is 11.8 Å². The second-order valence-corrected chi connectivity index (χ2v) is 8.65. The van der Waals surface area contributed by atoms with Crippen LogP contribution in [0.5, 0.6) is 0 Å². The van der Waals surface area contributed by atoms with E-state index in [0.29, 0.717) is 22.2 Å². The Morgan fingerprint density at radius 3 is 1.84 bits per heavy atom. The van der Waals surface area contributed by atoms with E-state index in [-0.39, 0.29) is 0 Å². The van der Waals surface area contributed by atoms with Gasteiger partial charge >= 0.3 is 10.1 Å². The molecule has 0 saturated heterocycles. The predicted molar refractivity (Wildman–Crippen MR) is 85.4 cm³/mol. The first kappa shape index (κ1) is 19.7. The molecular weight excluding hydrogens is 380 g/mol. The highest BCUT2D eigenvalue weighted by Gasteiger charge is 2.33. The maximum absolute atomic E-state index is 14.2. The van der Waals surface area contributed by atoms with Crippen molar-refractivity contribution in [2.45, 2.75) is 40.9 Å². The Balaban J connectivity index is 2.69. The molecule has 2 rings (SSSR count). The molecule has 0 aliphatic carbocycles. The highest BCUT2D eigenvalue weighted by atomic mass is 32.2. The fraction of sp³-hybridized carbons (Fsp3) is 0.250. The van der Waals surface area contributed by atoms with E-state index in [1.807, 2.05) is 20.8 Å². The standard InChI is InChI=1S/C16H14F4O3S2/c1-16(2,3)8-6-4-5-7-9(8)24-14-10(17)12(19)15(25(21,22)23)13(20)11(14)18/h4-7H,1-3H3,(H,21,22,23). The van der Waals surface area contributed by atoms with Crippen LogP contribution in [0.3, 0.4) is 0 Å². The van der Waals surface area contributed by atoms with Gasteiger partial charge in [-0.2, -0.15) is 8.42 Å². The van der Waals surface area contributed by atoms with Crippen molar-refractivity contribution in [3.05, 3.63) is 53.1 Å². The molecule has 0 atom stereocenters. The van der Waals surface area contributed by atoms with E-state index in [2.05, 4.69) is 0 Å². The Bertz CT molecular complexity index is 906. The summed E-state index contributed by atoms with van der Waals surface area (Å²) in [6.45, 7) is 5.55. The van der Waals surface area contributed by atoms with Crippen LogP contribution in [0.25, 0.3) is 0 Å². The average molecular weight is 394 g/mol. The van der Waals surface area contributed by atoms with Gasteiger partial charge in [-0.3, -0.25) is 4.55 Å². The van der Waals surface area contributed by atoms with Gasteiger partial charge in [0.15, 0.2) is 28.2 Å². The summed E-state index contributed by atoms with van der Waals surface area (Å²) in [6, 6.07) is 6.53. The Morgan fingerprint density at radius 1 is 0.920 bits per heavy atom. The van der Waals surface area contributed by atoms with Gasteiger partial charge in [-0.25, -0.2) is 17.6 Å². The molecule has 1 N–H and O–H groups in total. The molecule has 0 aliphatic rings. The van der Waals surface area contributed by atoms with Gasteiger partial charge in [-0.05, 0) is 17.0 Å². The van der Waals surface area contributed by atoms with Crippen molar-refractivity contribution in [1.29, 1.82) is 0 Å². The van der Waals surface area contributed by atoms with Crippen molar-refractivity contribution >= 4 is 21.9 Å². The van der Waals surface area contributed by atoms with E-state index in [1.54, 1.807) is 18.2 Å². The first-order chi connectivity index (χ1) is 11.4. The number of hydrogen-bond donors (Lipinski definition) is 1. The summed E-state index contributed by atoms with van der Waals surface area (Å²) in [6.07, 6.45) is 0. The fourth-order valence-electron chi connectivity index (χ4n) is 2.19. The van der Waals surface area contributed by atoms with Crippen LogP contribution in [-0.2, 0) is 15.5 Å². The molecule has 9 heteroatoms. The zero-order valence-electron chi connectivity index (χ0n) is 13.4. The Labute approximate surface area is 146 Å². The molecule has 2 aromatic rings. The molecule has 136 valence electrons. The largest absolute Gasteiger partial charge is 0.300 e. The minimum absolute atomic E-state index is 0.353. The van der Waals surface area contributed by atoms with Gasteiger partial charge in [-0.1, -0.05) is 50.7 Å². The topological polar surface area (TPSA) is 54.4 Å². The molecular formula is C16H14F4O3S2. The van der Waals surface area contributed by atoms with Gasteiger partial charge < -0.3 is 0 Å². The van der Waals surface area contributed by atoms with Gasteiger partial charge in [0.25, 0.3) is 0 Å². The molecule has 0 heterocycles. The van der Waals surface area contributed by atoms with Crippen molar-refractivity contribution in [1.82, 2.24) is 0 Å². The third-order valence-electron chi connectivity index (χ3n) is 3.35. The monoisotopic (exact) mass is 394 g/mol. The third kappa shape index (κ3) is 3.83. The summed E-state index contributed by atoms with van der Waals surface area (Å²) in [5, 5.41) is 0. The van der Waals surface area contributed by atoms with Crippen molar-refractivity contribution < 1.29 is 30.5 Å². The molecule has 3 nitrogen and oxygen atoms in total. The summed E-state index contributed by atoms with van der Waals surface area (Å²) in [7, 11) is -5.47. The zero-order chi connectivity index (χ0) is 19.2. The van der Waals surface area contributed by atoms with E-state index in [9.17, 15) is 26.0 Å². The Kier molecular flexibility index (Phi) is 5.23. The summed E-state index contributed by atoms with van der Waals surface area (Å²) in [4.78, 5) is -2.72. The number of hydrogen-bond acceptors (Lipinski definition) is 3. The maximum Gasteiger partial charge on any atom is 0.300 e.